The maximum Gasteiger partial charge on any atom is 0.0889 e. The van der Waals surface area contributed by atoms with Crippen LogP contribution in [-0.4, -0.2) is 9.78 Å². The van der Waals surface area contributed by atoms with Crippen LogP contribution in [0.3, 0.4) is 0 Å². The molecule has 0 bridgehead atoms. The summed E-state index contributed by atoms with van der Waals surface area (Å²) < 4.78 is 2.93. The lowest BCUT2D eigenvalue weighted by atomic mass is 9.86. The highest BCUT2D eigenvalue weighted by molar-refractivity contribution is 9.10. The summed E-state index contributed by atoms with van der Waals surface area (Å²) in [6.45, 7) is 0. The molecule has 1 aromatic heterocycles. The van der Waals surface area contributed by atoms with E-state index in [1.54, 1.807) is 0 Å². The van der Waals surface area contributed by atoms with Crippen LogP contribution in [0.15, 0.2) is 34.9 Å². The molecule has 1 aliphatic rings. The summed E-state index contributed by atoms with van der Waals surface area (Å²) in [4.78, 5) is 0. The molecule has 1 aliphatic carbocycles. The van der Waals surface area contributed by atoms with Crippen molar-refractivity contribution in [2.24, 2.45) is 0 Å². The lowest BCUT2D eigenvalue weighted by Gasteiger charge is -2.20. The van der Waals surface area contributed by atoms with Gasteiger partial charge in [0.2, 0.25) is 0 Å². The smallest absolute Gasteiger partial charge is 0.0889 e. The molecule has 0 unspecified atom stereocenters. The number of aromatic nitrogens is 2. The Labute approximate surface area is 121 Å². The highest BCUT2D eigenvalue weighted by Gasteiger charge is 2.21. The molecule has 4 heteroatoms. The number of anilines is 1. The van der Waals surface area contributed by atoms with Crippen LogP contribution in [-0.2, 0) is 0 Å². The number of hydrogen-bond donors (Lipinski definition) is 1. The second-order valence-corrected chi connectivity index (χ2v) is 6.05. The fourth-order valence-electron chi connectivity index (χ4n) is 2.85. The molecule has 3 rings (SSSR count). The Bertz CT molecular complexity index is 571. The SMILES string of the molecule is Nc1cn(-c2ccccc2Br)nc1C1CCCCC1. The molecule has 3 nitrogen and oxygen atoms in total. The quantitative estimate of drug-likeness (QED) is 0.898. The van der Waals surface area contributed by atoms with Gasteiger partial charge in [-0.25, -0.2) is 4.68 Å². The van der Waals surface area contributed by atoms with Crippen LogP contribution in [0.2, 0.25) is 0 Å². The van der Waals surface area contributed by atoms with Gasteiger partial charge < -0.3 is 5.73 Å². The van der Waals surface area contributed by atoms with Gasteiger partial charge in [0, 0.05) is 10.4 Å². The Morgan fingerprint density at radius 3 is 2.63 bits per heavy atom. The van der Waals surface area contributed by atoms with Crippen molar-refractivity contribution in [3.63, 3.8) is 0 Å². The average molecular weight is 320 g/mol. The number of nitrogens with zero attached hydrogens (tertiary/aromatic N) is 2. The van der Waals surface area contributed by atoms with Gasteiger partial charge in [-0.1, -0.05) is 31.4 Å². The molecule has 0 spiro atoms. The zero-order chi connectivity index (χ0) is 13.2. The normalized spacial score (nSPS) is 16.7. The lowest BCUT2D eigenvalue weighted by molar-refractivity contribution is 0.435. The van der Waals surface area contributed by atoms with Crippen LogP contribution >= 0.6 is 15.9 Å². The van der Waals surface area contributed by atoms with Crippen molar-refractivity contribution in [2.45, 2.75) is 38.0 Å². The largest absolute Gasteiger partial charge is 0.396 e. The molecule has 0 aliphatic heterocycles. The first kappa shape index (κ1) is 12.7. The predicted octanol–water partition coefficient (Wildman–Crippen LogP) is 4.26. The van der Waals surface area contributed by atoms with Crippen molar-refractivity contribution in [2.75, 3.05) is 5.73 Å². The highest BCUT2D eigenvalue weighted by Crippen LogP contribution is 2.35. The number of para-hydroxylation sites is 1. The average Bonchev–Trinajstić information content (AvgIpc) is 2.82. The van der Waals surface area contributed by atoms with E-state index in [2.05, 4.69) is 15.9 Å². The van der Waals surface area contributed by atoms with E-state index < -0.39 is 0 Å². The summed E-state index contributed by atoms with van der Waals surface area (Å²) in [5, 5.41) is 4.73. The third-order valence-corrected chi connectivity index (χ3v) is 4.53. The minimum absolute atomic E-state index is 0.539. The van der Waals surface area contributed by atoms with Gasteiger partial charge in [0.15, 0.2) is 0 Å². The molecular formula is C15H18BrN3. The van der Waals surface area contributed by atoms with E-state index in [4.69, 9.17) is 10.8 Å². The summed E-state index contributed by atoms with van der Waals surface area (Å²) in [5.74, 6) is 0.539. The molecule has 0 atom stereocenters. The van der Waals surface area contributed by atoms with E-state index in [1.807, 2.05) is 35.1 Å². The van der Waals surface area contributed by atoms with E-state index in [0.717, 1.165) is 21.5 Å². The Morgan fingerprint density at radius 1 is 1.16 bits per heavy atom. The van der Waals surface area contributed by atoms with E-state index in [9.17, 15) is 0 Å². The molecule has 1 saturated carbocycles. The van der Waals surface area contributed by atoms with Crippen LogP contribution in [0.4, 0.5) is 5.69 Å². The van der Waals surface area contributed by atoms with Crippen LogP contribution in [0.25, 0.3) is 5.69 Å². The van der Waals surface area contributed by atoms with Gasteiger partial charge in [0.05, 0.1) is 23.3 Å². The number of nitrogen functional groups attached to an aromatic ring is 1. The van der Waals surface area contributed by atoms with Gasteiger partial charge in [-0.05, 0) is 40.9 Å². The Balaban J connectivity index is 1.95. The molecule has 19 heavy (non-hydrogen) atoms. The summed E-state index contributed by atoms with van der Waals surface area (Å²) in [5.41, 5.74) is 9.10. The summed E-state index contributed by atoms with van der Waals surface area (Å²) in [6.07, 6.45) is 8.32. The van der Waals surface area contributed by atoms with E-state index in [1.165, 1.54) is 32.1 Å². The third kappa shape index (κ3) is 2.54. The molecule has 2 aromatic rings. The first-order chi connectivity index (χ1) is 9.25. The van der Waals surface area contributed by atoms with Crippen molar-refractivity contribution in [3.8, 4) is 5.69 Å². The first-order valence-corrected chi connectivity index (χ1v) is 7.65. The zero-order valence-electron chi connectivity index (χ0n) is 10.8. The number of nitrogens with two attached hydrogens (primary N) is 1. The molecule has 0 saturated heterocycles. The maximum atomic E-state index is 6.16. The van der Waals surface area contributed by atoms with Gasteiger partial charge in [0.1, 0.15) is 0 Å². The van der Waals surface area contributed by atoms with Crippen molar-refractivity contribution >= 4 is 21.6 Å². The van der Waals surface area contributed by atoms with Gasteiger partial charge >= 0.3 is 0 Å². The standard InChI is InChI=1S/C15H18BrN3/c16-12-8-4-5-9-14(12)19-10-13(17)15(18-19)11-6-2-1-3-7-11/h4-5,8-11H,1-3,6-7,17H2. The minimum atomic E-state index is 0.539. The molecule has 1 heterocycles. The Kier molecular flexibility index (Phi) is 3.60. The molecular weight excluding hydrogens is 302 g/mol. The van der Waals surface area contributed by atoms with Crippen molar-refractivity contribution in [1.29, 1.82) is 0 Å². The van der Waals surface area contributed by atoms with Gasteiger partial charge in [0.25, 0.3) is 0 Å². The molecule has 0 radical (unpaired) electrons. The van der Waals surface area contributed by atoms with E-state index in [-0.39, 0.29) is 0 Å². The summed E-state index contributed by atoms with van der Waals surface area (Å²) in [6, 6.07) is 8.08. The topological polar surface area (TPSA) is 43.8 Å². The van der Waals surface area contributed by atoms with Gasteiger partial charge in [-0.2, -0.15) is 5.10 Å². The first-order valence-electron chi connectivity index (χ1n) is 6.85. The Morgan fingerprint density at radius 2 is 1.89 bits per heavy atom. The maximum absolute atomic E-state index is 6.16. The second kappa shape index (κ2) is 5.37. The third-order valence-electron chi connectivity index (χ3n) is 3.86. The molecule has 1 fully saturated rings. The van der Waals surface area contributed by atoms with Crippen molar-refractivity contribution < 1.29 is 0 Å². The Hall–Kier alpha value is -1.29. The summed E-state index contributed by atoms with van der Waals surface area (Å²) in [7, 11) is 0. The second-order valence-electron chi connectivity index (χ2n) is 5.20. The van der Waals surface area contributed by atoms with Crippen molar-refractivity contribution in [3.05, 3.63) is 40.6 Å². The monoisotopic (exact) mass is 319 g/mol. The van der Waals surface area contributed by atoms with Crippen LogP contribution in [0.1, 0.15) is 43.7 Å². The number of halogens is 1. The molecule has 1 aromatic carbocycles. The number of hydrogen-bond acceptors (Lipinski definition) is 2. The zero-order valence-corrected chi connectivity index (χ0v) is 12.4. The van der Waals surface area contributed by atoms with Crippen LogP contribution in [0, 0.1) is 0 Å². The van der Waals surface area contributed by atoms with Gasteiger partial charge in [-0.15, -0.1) is 0 Å². The van der Waals surface area contributed by atoms with Crippen LogP contribution in [0.5, 0.6) is 0 Å². The van der Waals surface area contributed by atoms with Crippen molar-refractivity contribution in [1.82, 2.24) is 9.78 Å². The minimum Gasteiger partial charge on any atom is -0.396 e. The predicted molar refractivity (Wildman–Crippen MR) is 81.5 cm³/mol. The van der Waals surface area contributed by atoms with Crippen LogP contribution < -0.4 is 5.73 Å². The van der Waals surface area contributed by atoms with E-state index >= 15 is 0 Å². The fraction of sp³-hybridized carbons (Fsp3) is 0.400. The fourth-order valence-corrected chi connectivity index (χ4v) is 3.32. The molecule has 2 N–H and O–H groups in total. The van der Waals surface area contributed by atoms with Gasteiger partial charge in [-0.3, -0.25) is 0 Å². The number of rotatable bonds is 2. The number of benzene rings is 1. The molecule has 0 amide bonds. The molecule has 100 valence electrons. The van der Waals surface area contributed by atoms with E-state index in [0.29, 0.717) is 5.92 Å². The summed E-state index contributed by atoms with van der Waals surface area (Å²) >= 11 is 3.56. The highest BCUT2D eigenvalue weighted by atomic mass is 79.9. The lowest BCUT2D eigenvalue weighted by Crippen LogP contribution is -2.07.